The molecule has 3 aromatic rings. The molecular formula is C12H9ClN4S. The molecule has 90 valence electrons. The molecule has 3 N–H and O–H groups in total. The van der Waals surface area contributed by atoms with Crippen LogP contribution in [0.15, 0.2) is 35.7 Å². The molecule has 2 aromatic heterocycles. The smallest absolute Gasteiger partial charge is 0.181 e. The lowest BCUT2D eigenvalue weighted by atomic mass is 10.2. The van der Waals surface area contributed by atoms with E-state index in [-0.39, 0.29) is 0 Å². The van der Waals surface area contributed by atoms with Gasteiger partial charge < -0.3 is 5.73 Å². The fourth-order valence-electron chi connectivity index (χ4n) is 1.58. The minimum Gasteiger partial charge on any atom is -0.398 e. The number of hydrogen-bond acceptors (Lipinski definition) is 4. The Kier molecular flexibility index (Phi) is 2.77. The van der Waals surface area contributed by atoms with E-state index in [4.69, 9.17) is 17.3 Å². The van der Waals surface area contributed by atoms with Crippen LogP contribution in [0.25, 0.3) is 22.1 Å². The van der Waals surface area contributed by atoms with E-state index in [1.54, 1.807) is 23.5 Å². The third kappa shape index (κ3) is 1.98. The van der Waals surface area contributed by atoms with E-state index in [1.807, 2.05) is 23.6 Å². The number of nitrogens with one attached hydrogen (secondary N) is 1. The van der Waals surface area contributed by atoms with E-state index in [1.165, 1.54) is 0 Å². The first kappa shape index (κ1) is 11.3. The Hall–Kier alpha value is -1.85. The third-order valence-corrected chi connectivity index (χ3v) is 3.70. The van der Waals surface area contributed by atoms with Crippen molar-refractivity contribution in [2.24, 2.45) is 0 Å². The van der Waals surface area contributed by atoms with Gasteiger partial charge in [0.15, 0.2) is 11.6 Å². The van der Waals surface area contributed by atoms with Gasteiger partial charge in [0.05, 0.1) is 15.6 Å². The number of hydrogen-bond donors (Lipinski definition) is 2. The minimum absolute atomic E-state index is 0.509. The van der Waals surface area contributed by atoms with Crippen LogP contribution in [0, 0.1) is 0 Å². The Labute approximate surface area is 112 Å². The number of rotatable bonds is 2. The Morgan fingerprint density at radius 3 is 2.89 bits per heavy atom. The van der Waals surface area contributed by atoms with Crippen LogP contribution in [0.1, 0.15) is 0 Å². The SMILES string of the molecule is Nc1ccc(-c2n[nH]c(-c3cccs3)n2)cc1Cl. The standard InChI is InChI=1S/C12H9ClN4S/c13-8-6-7(3-4-9(8)14)11-15-12(17-16-11)10-2-1-5-18-10/h1-6H,14H2,(H,15,16,17). The zero-order valence-corrected chi connectivity index (χ0v) is 10.8. The molecule has 0 radical (unpaired) electrons. The second-order valence-electron chi connectivity index (χ2n) is 3.72. The van der Waals surface area contributed by atoms with Crippen LogP contribution in [0.3, 0.4) is 0 Å². The topological polar surface area (TPSA) is 67.6 Å². The van der Waals surface area contributed by atoms with Crippen LogP contribution < -0.4 is 5.73 Å². The molecule has 18 heavy (non-hydrogen) atoms. The summed E-state index contributed by atoms with van der Waals surface area (Å²) >= 11 is 7.59. The van der Waals surface area contributed by atoms with Crippen LogP contribution in [-0.2, 0) is 0 Å². The molecule has 0 amide bonds. The lowest BCUT2D eigenvalue weighted by Gasteiger charge is -1.99. The highest BCUT2D eigenvalue weighted by Crippen LogP contribution is 2.27. The van der Waals surface area contributed by atoms with Crippen LogP contribution in [0.4, 0.5) is 5.69 Å². The summed E-state index contributed by atoms with van der Waals surface area (Å²) in [4.78, 5) is 5.49. The van der Waals surface area contributed by atoms with Crippen molar-refractivity contribution >= 4 is 28.6 Å². The summed E-state index contributed by atoms with van der Waals surface area (Å²) in [6.45, 7) is 0. The first-order valence-corrected chi connectivity index (χ1v) is 6.51. The third-order valence-electron chi connectivity index (χ3n) is 2.50. The molecular weight excluding hydrogens is 268 g/mol. The first-order valence-electron chi connectivity index (χ1n) is 5.26. The second kappa shape index (κ2) is 4.44. The fraction of sp³-hybridized carbons (Fsp3) is 0. The van der Waals surface area contributed by atoms with Crippen LogP contribution in [0.5, 0.6) is 0 Å². The van der Waals surface area contributed by atoms with Gasteiger partial charge in [-0.3, -0.25) is 5.10 Å². The molecule has 0 saturated heterocycles. The Morgan fingerprint density at radius 2 is 2.17 bits per heavy atom. The van der Waals surface area contributed by atoms with Gasteiger partial charge in [0.25, 0.3) is 0 Å². The van der Waals surface area contributed by atoms with Crippen LogP contribution >= 0.6 is 22.9 Å². The summed E-state index contributed by atoms with van der Waals surface area (Å²) in [6.07, 6.45) is 0. The molecule has 0 aliphatic heterocycles. The largest absolute Gasteiger partial charge is 0.398 e. The minimum atomic E-state index is 0.509. The van der Waals surface area contributed by atoms with Crippen molar-refractivity contribution in [1.29, 1.82) is 0 Å². The zero-order valence-electron chi connectivity index (χ0n) is 9.22. The summed E-state index contributed by atoms with van der Waals surface area (Å²) < 4.78 is 0. The first-order chi connectivity index (χ1) is 8.74. The number of aromatic amines is 1. The molecule has 0 unspecified atom stereocenters. The summed E-state index contributed by atoms with van der Waals surface area (Å²) in [6, 6.07) is 9.33. The van der Waals surface area contributed by atoms with E-state index >= 15 is 0 Å². The van der Waals surface area contributed by atoms with Gasteiger partial charge in [-0.25, -0.2) is 4.98 Å². The molecule has 0 bridgehead atoms. The summed E-state index contributed by atoms with van der Waals surface area (Å²) in [5, 5.41) is 9.61. The maximum Gasteiger partial charge on any atom is 0.181 e. The van der Waals surface area contributed by atoms with Crippen LogP contribution in [0.2, 0.25) is 5.02 Å². The highest BCUT2D eigenvalue weighted by Gasteiger charge is 2.09. The quantitative estimate of drug-likeness (QED) is 0.705. The zero-order chi connectivity index (χ0) is 12.5. The number of nitrogens with two attached hydrogens (primary N) is 1. The number of aromatic nitrogens is 3. The highest BCUT2D eigenvalue weighted by atomic mass is 35.5. The average Bonchev–Trinajstić information content (AvgIpc) is 3.01. The predicted octanol–water partition coefficient (Wildman–Crippen LogP) is 3.44. The lowest BCUT2D eigenvalue weighted by molar-refractivity contribution is 1.10. The molecule has 0 aliphatic carbocycles. The number of nitrogens with zero attached hydrogens (tertiary/aromatic N) is 2. The van der Waals surface area contributed by atoms with Gasteiger partial charge in [-0.15, -0.1) is 11.3 Å². The molecule has 3 rings (SSSR count). The normalized spacial score (nSPS) is 10.7. The number of thiophene rings is 1. The molecule has 0 aliphatic rings. The Morgan fingerprint density at radius 1 is 1.28 bits per heavy atom. The monoisotopic (exact) mass is 276 g/mol. The maximum absolute atomic E-state index is 5.98. The number of nitrogen functional groups attached to an aromatic ring is 1. The summed E-state index contributed by atoms with van der Waals surface area (Å²) in [5.74, 6) is 1.37. The van der Waals surface area contributed by atoms with Gasteiger partial charge in [-0.1, -0.05) is 17.7 Å². The molecule has 4 nitrogen and oxygen atoms in total. The van der Waals surface area contributed by atoms with Crippen molar-refractivity contribution in [3.05, 3.63) is 40.7 Å². The Balaban J connectivity index is 2.00. The van der Waals surface area contributed by atoms with Crippen molar-refractivity contribution in [1.82, 2.24) is 15.2 Å². The van der Waals surface area contributed by atoms with E-state index in [0.717, 1.165) is 16.3 Å². The predicted molar refractivity (Wildman–Crippen MR) is 74.6 cm³/mol. The average molecular weight is 277 g/mol. The molecule has 6 heteroatoms. The molecule has 1 aromatic carbocycles. The van der Waals surface area contributed by atoms with Crippen molar-refractivity contribution in [3.8, 4) is 22.1 Å². The number of anilines is 1. The Bertz CT molecular complexity index is 675. The van der Waals surface area contributed by atoms with E-state index in [9.17, 15) is 0 Å². The van der Waals surface area contributed by atoms with Crippen molar-refractivity contribution in [2.75, 3.05) is 5.73 Å². The summed E-state index contributed by atoms with van der Waals surface area (Å²) in [7, 11) is 0. The van der Waals surface area contributed by atoms with Gasteiger partial charge >= 0.3 is 0 Å². The van der Waals surface area contributed by atoms with Crippen LogP contribution in [-0.4, -0.2) is 15.2 Å². The van der Waals surface area contributed by atoms with Gasteiger partial charge in [0.2, 0.25) is 0 Å². The molecule has 0 saturated carbocycles. The molecule has 0 spiro atoms. The number of H-pyrrole nitrogens is 1. The van der Waals surface area contributed by atoms with Gasteiger partial charge in [0.1, 0.15) is 0 Å². The lowest BCUT2D eigenvalue weighted by Crippen LogP contribution is -1.87. The molecule has 0 fully saturated rings. The second-order valence-corrected chi connectivity index (χ2v) is 5.08. The fourth-order valence-corrected chi connectivity index (χ4v) is 2.42. The van der Waals surface area contributed by atoms with Gasteiger partial charge in [-0.2, -0.15) is 5.10 Å². The van der Waals surface area contributed by atoms with Gasteiger partial charge in [0, 0.05) is 5.56 Å². The summed E-state index contributed by atoms with van der Waals surface area (Å²) in [5.41, 5.74) is 7.06. The highest BCUT2D eigenvalue weighted by molar-refractivity contribution is 7.13. The number of benzene rings is 1. The maximum atomic E-state index is 5.98. The number of halogens is 1. The molecule has 2 heterocycles. The van der Waals surface area contributed by atoms with E-state index in [2.05, 4.69) is 15.2 Å². The van der Waals surface area contributed by atoms with Crippen molar-refractivity contribution in [3.63, 3.8) is 0 Å². The van der Waals surface area contributed by atoms with Gasteiger partial charge in [-0.05, 0) is 29.6 Å². The van der Waals surface area contributed by atoms with Crippen molar-refractivity contribution < 1.29 is 0 Å². The van der Waals surface area contributed by atoms with E-state index in [0.29, 0.717) is 16.5 Å². The van der Waals surface area contributed by atoms with Crippen molar-refractivity contribution in [2.45, 2.75) is 0 Å². The molecule has 0 atom stereocenters. The van der Waals surface area contributed by atoms with E-state index < -0.39 is 0 Å².